The van der Waals surface area contributed by atoms with Crippen molar-refractivity contribution in [1.29, 1.82) is 0 Å². The first-order valence-electron chi connectivity index (χ1n) is 4.87. The minimum atomic E-state index is -0.546. The van der Waals surface area contributed by atoms with Gasteiger partial charge in [-0.25, -0.2) is 0 Å². The van der Waals surface area contributed by atoms with Crippen molar-refractivity contribution in [3.63, 3.8) is 0 Å². The summed E-state index contributed by atoms with van der Waals surface area (Å²) >= 11 is 0. The molecule has 74 valence electrons. The van der Waals surface area contributed by atoms with Crippen LogP contribution in [0.2, 0.25) is 0 Å². The highest BCUT2D eigenvalue weighted by atomic mass is 16.2. The van der Waals surface area contributed by atoms with Crippen molar-refractivity contribution in [2.75, 3.05) is 6.54 Å². The van der Waals surface area contributed by atoms with Crippen molar-refractivity contribution >= 4 is 5.91 Å². The lowest BCUT2D eigenvalue weighted by Crippen LogP contribution is -2.58. The predicted molar refractivity (Wildman–Crippen MR) is 53.2 cm³/mol. The second kappa shape index (κ2) is 4.42. The van der Waals surface area contributed by atoms with Crippen molar-refractivity contribution in [3.8, 4) is 0 Å². The number of carbonyl (C=O) groups is 1. The number of nitrogens with one attached hydrogen (secondary N) is 1. The smallest absolute Gasteiger partial charge is 0.240 e. The molecule has 0 spiro atoms. The Bertz CT molecular complexity index is 207. The molecule has 13 heavy (non-hydrogen) atoms. The number of carbonyl (C=O) groups excluding carboxylic acids is 1. The SMILES string of the molecule is C/C=C/CCNC(=O)C1(N)CCC1. The van der Waals surface area contributed by atoms with E-state index in [1.807, 2.05) is 19.1 Å². The lowest BCUT2D eigenvalue weighted by molar-refractivity contribution is -0.129. The van der Waals surface area contributed by atoms with E-state index in [1.165, 1.54) is 0 Å². The highest BCUT2D eigenvalue weighted by Crippen LogP contribution is 2.28. The molecule has 3 nitrogen and oxygen atoms in total. The van der Waals surface area contributed by atoms with E-state index in [2.05, 4.69) is 5.32 Å². The molecule has 1 fully saturated rings. The van der Waals surface area contributed by atoms with Gasteiger partial charge in [0.25, 0.3) is 0 Å². The summed E-state index contributed by atoms with van der Waals surface area (Å²) in [5, 5.41) is 2.84. The molecule has 3 heteroatoms. The second-order valence-electron chi connectivity index (χ2n) is 3.62. The molecule has 0 saturated heterocycles. The molecule has 3 N–H and O–H groups in total. The maximum Gasteiger partial charge on any atom is 0.240 e. The molecule has 1 rings (SSSR count). The standard InChI is InChI=1S/C10H18N2O/c1-2-3-4-8-12-9(13)10(11)6-5-7-10/h2-3H,4-8,11H2,1H3,(H,12,13)/b3-2+. The first-order valence-corrected chi connectivity index (χ1v) is 4.87. The monoisotopic (exact) mass is 182 g/mol. The van der Waals surface area contributed by atoms with Crippen LogP contribution >= 0.6 is 0 Å². The second-order valence-corrected chi connectivity index (χ2v) is 3.62. The largest absolute Gasteiger partial charge is 0.354 e. The van der Waals surface area contributed by atoms with E-state index < -0.39 is 5.54 Å². The zero-order chi connectivity index (χ0) is 9.73. The van der Waals surface area contributed by atoms with E-state index in [4.69, 9.17) is 5.73 Å². The Morgan fingerprint density at radius 1 is 1.62 bits per heavy atom. The zero-order valence-corrected chi connectivity index (χ0v) is 8.18. The third kappa shape index (κ3) is 2.56. The minimum absolute atomic E-state index is 0.0169. The van der Waals surface area contributed by atoms with Gasteiger partial charge >= 0.3 is 0 Å². The fourth-order valence-corrected chi connectivity index (χ4v) is 1.40. The van der Waals surface area contributed by atoms with Crippen molar-refractivity contribution in [3.05, 3.63) is 12.2 Å². The molecule has 0 aromatic carbocycles. The maximum absolute atomic E-state index is 11.5. The van der Waals surface area contributed by atoms with Gasteiger partial charge in [-0.05, 0) is 32.6 Å². The van der Waals surface area contributed by atoms with Crippen LogP contribution in [0.4, 0.5) is 0 Å². The molecule has 0 bridgehead atoms. The van der Waals surface area contributed by atoms with Gasteiger partial charge in [-0.1, -0.05) is 12.2 Å². The van der Waals surface area contributed by atoms with Crippen molar-refractivity contribution in [2.24, 2.45) is 5.73 Å². The molecular weight excluding hydrogens is 164 g/mol. The molecule has 0 atom stereocenters. The van der Waals surface area contributed by atoms with Crippen molar-refractivity contribution in [1.82, 2.24) is 5.32 Å². The van der Waals surface area contributed by atoms with Crippen LogP contribution in [0, 0.1) is 0 Å². The lowest BCUT2D eigenvalue weighted by Gasteiger charge is -2.36. The van der Waals surface area contributed by atoms with Crippen LogP contribution < -0.4 is 11.1 Å². The number of hydrogen-bond acceptors (Lipinski definition) is 2. The van der Waals surface area contributed by atoms with Gasteiger partial charge in [0, 0.05) is 6.54 Å². The summed E-state index contributed by atoms with van der Waals surface area (Å²) in [7, 11) is 0. The molecule has 0 aromatic heterocycles. The minimum Gasteiger partial charge on any atom is -0.354 e. The van der Waals surface area contributed by atoms with Gasteiger partial charge in [0.2, 0.25) is 5.91 Å². The molecule has 0 heterocycles. The van der Waals surface area contributed by atoms with Crippen LogP contribution in [0.25, 0.3) is 0 Å². The van der Waals surface area contributed by atoms with Crippen LogP contribution in [0.3, 0.4) is 0 Å². The van der Waals surface area contributed by atoms with Crippen molar-refractivity contribution < 1.29 is 4.79 Å². The van der Waals surface area contributed by atoms with E-state index in [-0.39, 0.29) is 5.91 Å². The quantitative estimate of drug-likeness (QED) is 0.502. The highest BCUT2D eigenvalue weighted by Gasteiger charge is 2.39. The first kappa shape index (κ1) is 10.3. The van der Waals surface area contributed by atoms with Crippen LogP contribution in [0.15, 0.2) is 12.2 Å². The number of rotatable bonds is 4. The fraction of sp³-hybridized carbons (Fsp3) is 0.700. The van der Waals surface area contributed by atoms with Gasteiger partial charge in [0.05, 0.1) is 5.54 Å². The van der Waals surface area contributed by atoms with Crippen LogP contribution in [0.5, 0.6) is 0 Å². The normalized spacial score (nSPS) is 19.8. The molecule has 1 saturated carbocycles. The van der Waals surface area contributed by atoms with Gasteiger partial charge in [0.15, 0.2) is 0 Å². The molecular formula is C10H18N2O. The van der Waals surface area contributed by atoms with Gasteiger partial charge in [-0.2, -0.15) is 0 Å². The van der Waals surface area contributed by atoms with E-state index in [9.17, 15) is 4.79 Å². The van der Waals surface area contributed by atoms with Gasteiger partial charge in [-0.15, -0.1) is 0 Å². The highest BCUT2D eigenvalue weighted by molar-refractivity contribution is 5.86. The molecule has 0 aromatic rings. The lowest BCUT2D eigenvalue weighted by atomic mass is 9.77. The summed E-state index contributed by atoms with van der Waals surface area (Å²) in [5.74, 6) is 0.0169. The molecule has 1 aliphatic carbocycles. The van der Waals surface area contributed by atoms with E-state index in [0.717, 1.165) is 25.7 Å². The van der Waals surface area contributed by atoms with Crippen LogP contribution in [0.1, 0.15) is 32.6 Å². The summed E-state index contributed by atoms with van der Waals surface area (Å²) in [6, 6.07) is 0. The van der Waals surface area contributed by atoms with Gasteiger partial charge in [-0.3, -0.25) is 4.79 Å². The molecule has 0 unspecified atom stereocenters. The summed E-state index contributed by atoms with van der Waals surface area (Å²) in [6.45, 7) is 2.67. The fourth-order valence-electron chi connectivity index (χ4n) is 1.40. The van der Waals surface area contributed by atoms with Gasteiger partial charge < -0.3 is 11.1 Å². The summed E-state index contributed by atoms with van der Waals surface area (Å²) < 4.78 is 0. The van der Waals surface area contributed by atoms with Crippen LogP contribution in [-0.4, -0.2) is 18.0 Å². The Hall–Kier alpha value is -0.830. The van der Waals surface area contributed by atoms with E-state index in [1.54, 1.807) is 0 Å². The summed E-state index contributed by atoms with van der Waals surface area (Å²) in [4.78, 5) is 11.5. The molecule has 0 radical (unpaired) electrons. The number of amides is 1. The Morgan fingerprint density at radius 3 is 2.77 bits per heavy atom. The third-order valence-corrected chi connectivity index (χ3v) is 2.53. The Kier molecular flexibility index (Phi) is 3.48. The number of hydrogen-bond donors (Lipinski definition) is 2. The number of allylic oxidation sites excluding steroid dienone is 1. The number of nitrogens with two attached hydrogens (primary N) is 1. The third-order valence-electron chi connectivity index (χ3n) is 2.53. The van der Waals surface area contributed by atoms with E-state index >= 15 is 0 Å². The van der Waals surface area contributed by atoms with E-state index in [0.29, 0.717) is 6.54 Å². The molecule has 1 aliphatic rings. The Labute approximate surface area is 79.4 Å². The first-order chi connectivity index (χ1) is 6.19. The predicted octanol–water partition coefficient (Wildman–Crippen LogP) is 0.950. The Balaban J connectivity index is 2.17. The zero-order valence-electron chi connectivity index (χ0n) is 8.18. The average Bonchev–Trinajstić information content (AvgIpc) is 2.08. The van der Waals surface area contributed by atoms with Gasteiger partial charge in [0.1, 0.15) is 0 Å². The molecule has 0 aliphatic heterocycles. The topological polar surface area (TPSA) is 55.1 Å². The van der Waals surface area contributed by atoms with Crippen LogP contribution in [-0.2, 0) is 4.79 Å². The average molecular weight is 182 g/mol. The Morgan fingerprint density at radius 2 is 2.31 bits per heavy atom. The molecule has 1 amide bonds. The summed E-state index contributed by atoms with van der Waals surface area (Å²) in [6.07, 6.45) is 7.65. The van der Waals surface area contributed by atoms with Crippen molar-refractivity contribution in [2.45, 2.75) is 38.1 Å². The summed E-state index contributed by atoms with van der Waals surface area (Å²) in [5.41, 5.74) is 5.29. The maximum atomic E-state index is 11.5.